The fourth-order valence-corrected chi connectivity index (χ4v) is 3.02. The lowest BCUT2D eigenvalue weighted by molar-refractivity contribution is 0.0912. The second-order valence-corrected chi connectivity index (χ2v) is 6.16. The Hall–Kier alpha value is -2.64. The van der Waals surface area contributed by atoms with E-state index in [0.717, 1.165) is 17.7 Å². The van der Waals surface area contributed by atoms with Crippen molar-refractivity contribution in [3.05, 3.63) is 76.8 Å². The van der Waals surface area contributed by atoms with Gasteiger partial charge >= 0.3 is 0 Å². The molecule has 1 heterocycles. The van der Waals surface area contributed by atoms with Crippen molar-refractivity contribution in [2.24, 2.45) is 0 Å². The molecule has 3 aromatic rings. The Balaban J connectivity index is 1.63. The Labute approximate surface area is 146 Å². The van der Waals surface area contributed by atoms with Gasteiger partial charge < -0.3 is 10.4 Å². The normalized spacial score (nSPS) is 12.0. The van der Waals surface area contributed by atoms with Gasteiger partial charge in [0.15, 0.2) is 11.6 Å². The van der Waals surface area contributed by atoms with E-state index in [9.17, 15) is 18.7 Å². The van der Waals surface area contributed by atoms with Crippen LogP contribution in [0.2, 0.25) is 0 Å². The fourth-order valence-electron chi connectivity index (χ4n) is 2.21. The molecular weight excluding hydrogens is 346 g/mol. The molecule has 1 amide bonds. The van der Waals surface area contributed by atoms with Crippen LogP contribution in [0.25, 0.3) is 10.6 Å². The Morgan fingerprint density at radius 2 is 1.92 bits per heavy atom. The quantitative estimate of drug-likeness (QED) is 0.731. The molecule has 0 spiro atoms. The van der Waals surface area contributed by atoms with Crippen molar-refractivity contribution in [3.63, 3.8) is 0 Å². The largest absolute Gasteiger partial charge is 0.387 e. The van der Waals surface area contributed by atoms with E-state index >= 15 is 0 Å². The Morgan fingerprint density at radius 3 is 2.64 bits per heavy atom. The number of thiazole rings is 1. The first-order valence-electron chi connectivity index (χ1n) is 7.47. The second-order valence-electron chi connectivity index (χ2n) is 5.30. The summed E-state index contributed by atoms with van der Waals surface area (Å²) in [4.78, 5) is 16.4. The number of carbonyl (C=O) groups excluding carboxylic acids is 1. The highest BCUT2D eigenvalue weighted by Gasteiger charge is 2.15. The maximum Gasteiger partial charge on any atom is 0.270 e. The van der Waals surface area contributed by atoms with Gasteiger partial charge in [0.05, 0.1) is 6.10 Å². The lowest BCUT2D eigenvalue weighted by atomic mass is 10.1. The van der Waals surface area contributed by atoms with Crippen LogP contribution in [0.15, 0.2) is 53.9 Å². The molecule has 3 rings (SSSR count). The molecule has 2 aromatic carbocycles. The minimum Gasteiger partial charge on any atom is -0.387 e. The lowest BCUT2D eigenvalue weighted by Gasteiger charge is -2.12. The highest BCUT2D eigenvalue weighted by atomic mass is 32.1. The molecule has 0 aliphatic rings. The van der Waals surface area contributed by atoms with Crippen LogP contribution in [0.5, 0.6) is 0 Å². The van der Waals surface area contributed by atoms with Crippen molar-refractivity contribution in [1.82, 2.24) is 10.3 Å². The lowest BCUT2D eigenvalue weighted by Crippen LogP contribution is -2.28. The fraction of sp³-hybridized carbons (Fsp3) is 0.111. The zero-order chi connectivity index (χ0) is 17.8. The van der Waals surface area contributed by atoms with E-state index in [-0.39, 0.29) is 17.8 Å². The van der Waals surface area contributed by atoms with Crippen LogP contribution in [0, 0.1) is 11.6 Å². The molecule has 0 saturated heterocycles. The number of aromatic nitrogens is 1. The molecule has 2 N–H and O–H groups in total. The molecule has 0 saturated carbocycles. The third-order valence-electron chi connectivity index (χ3n) is 3.54. The zero-order valence-corrected chi connectivity index (χ0v) is 13.8. The monoisotopic (exact) mass is 360 g/mol. The summed E-state index contributed by atoms with van der Waals surface area (Å²) < 4.78 is 26.1. The van der Waals surface area contributed by atoms with E-state index in [1.165, 1.54) is 17.4 Å². The molecule has 1 aromatic heterocycles. The van der Waals surface area contributed by atoms with Gasteiger partial charge in [0.1, 0.15) is 10.7 Å². The van der Waals surface area contributed by atoms with Gasteiger partial charge in [-0.05, 0) is 17.7 Å². The molecule has 0 fully saturated rings. The van der Waals surface area contributed by atoms with Crippen LogP contribution in [-0.4, -0.2) is 22.5 Å². The zero-order valence-electron chi connectivity index (χ0n) is 12.9. The predicted octanol–water partition coefficient (Wildman–Crippen LogP) is 3.55. The first-order valence-corrected chi connectivity index (χ1v) is 8.34. The van der Waals surface area contributed by atoms with Crippen molar-refractivity contribution in [2.45, 2.75) is 6.10 Å². The number of hydrogen-bond acceptors (Lipinski definition) is 4. The number of aliphatic hydroxyl groups is 1. The first kappa shape index (κ1) is 17.2. The highest BCUT2D eigenvalue weighted by molar-refractivity contribution is 7.13. The maximum atomic E-state index is 13.2. The minimum atomic E-state index is -1.15. The summed E-state index contributed by atoms with van der Waals surface area (Å²) in [5.41, 5.74) is 1.33. The predicted molar refractivity (Wildman–Crippen MR) is 91.2 cm³/mol. The van der Waals surface area contributed by atoms with Crippen LogP contribution in [-0.2, 0) is 0 Å². The SMILES string of the molecule is O=C(NCC(O)c1ccc(F)c(F)c1)c1csc(-c2ccccc2)n1. The number of benzene rings is 2. The van der Waals surface area contributed by atoms with Crippen molar-refractivity contribution in [2.75, 3.05) is 6.54 Å². The van der Waals surface area contributed by atoms with Crippen molar-refractivity contribution < 1.29 is 18.7 Å². The molecule has 0 bridgehead atoms. The summed E-state index contributed by atoms with van der Waals surface area (Å²) in [5.74, 6) is -2.48. The third kappa shape index (κ3) is 4.07. The standard InChI is InChI=1S/C18H14F2N2O2S/c19-13-7-6-12(8-14(13)20)16(23)9-21-17(24)15-10-25-18(22-15)11-4-2-1-3-5-11/h1-8,10,16,23H,9H2,(H,21,24). The highest BCUT2D eigenvalue weighted by Crippen LogP contribution is 2.23. The number of hydrogen-bond donors (Lipinski definition) is 2. The van der Waals surface area contributed by atoms with Crippen LogP contribution in [0.4, 0.5) is 8.78 Å². The molecule has 4 nitrogen and oxygen atoms in total. The Morgan fingerprint density at radius 1 is 1.16 bits per heavy atom. The van der Waals surface area contributed by atoms with Gasteiger partial charge in [-0.15, -0.1) is 11.3 Å². The van der Waals surface area contributed by atoms with Gasteiger partial charge in [-0.3, -0.25) is 4.79 Å². The summed E-state index contributed by atoms with van der Waals surface area (Å²) in [5, 5.41) is 14.9. The number of carbonyl (C=O) groups is 1. The van der Waals surface area contributed by atoms with Gasteiger partial charge in [-0.1, -0.05) is 36.4 Å². The van der Waals surface area contributed by atoms with Crippen LogP contribution in [0.1, 0.15) is 22.2 Å². The van der Waals surface area contributed by atoms with Crippen LogP contribution >= 0.6 is 11.3 Å². The molecule has 1 unspecified atom stereocenters. The summed E-state index contributed by atoms with van der Waals surface area (Å²) >= 11 is 1.34. The number of nitrogens with one attached hydrogen (secondary N) is 1. The average molecular weight is 360 g/mol. The van der Waals surface area contributed by atoms with E-state index in [2.05, 4.69) is 10.3 Å². The molecule has 25 heavy (non-hydrogen) atoms. The topological polar surface area (TPSA) is 62.2 Å². The smallest absolute Gasteiger partial charge is 0.270 e. The van der Waals surface area contributed by atoms with Crippen molar-refractivity contribution in [1.29, 1.82) is 0 Å². The summed E-state index contributed by atoms with van der Waals surface area (Å²) in [7, 11) is 0. The van der Waals surface area contributed by atoms with E-state index in [0.29, 0.717) is 5.01 Å². The second kappa shape index (κ2) is 7.50. The number of aliphatic hydroxyl groups excluding tert-OH is 1. The first-order chi connectivity index (χ1) is 12.0. The van der Waals surface area contributed by atoms with Gasteiger partial charge in [0.2, 0.25) is 0 Å². The van der Waals surface area contributed by atoms with E-state index in [4.69, 9.17) is 0 Å². The van der Waals surface area contributed by atoms with Gasteiger partial charge in [0, 0.05) is 17.5 Å². The summed E-state index contributed by atoms with van der Waals surface area (Å²) in [6.45, 7) is -0.137. The van der Waals surface area contributed by atoms with E-state index in [1.807, 2.05) is 30.3 Å². The number of rotatable bonds is 5. The van der Waals surface area contributed by atoms with Crippen molar-refractivity contribution in [3.8, 4) is 10.6 Å². The van der Waals surface area contributed by atoms with Crippen molar-refractivity contribution >= 4 is 17.2 Å². The Kier molecular flexibility index (Phi) is 5.16. The summed E-state index contributed by atoms with van der Waals surface area (Å²) in [6.07, 6.45) is -1.15. The average Bonchev–Trinajstić information content (AvgIpc) is 3.12. The van der Waals surface area contributed by atoms with E-state index < -0.39 is 23.6 Å². The number of amides is 1. The van der Waals surface area contributed by atoms with Gasteiger partial charge in [-0.25, -0.2) is 13.8 Å². The minimum absolute atomic E-state index is 0.137. The molecule has 0 aliphatic heterocycles. The van der Waals surface area contributed by atoms with Gasteiger partial charge in [0.25, 0.3) is 5.91 Å². The van der Waals surface area contributed by atoms with E-state index in [1.54, 1.807) is 5.38 Å². The molecule has 1 atom stereocenters. The van der Waals surface area contributed by atoms with Gasteiger partial charge in [-0.2, -0.15) is 0 Å². The molecule has 0 aliphatic carbocycles. The molecule has 0 radical (unpaired) electrons. The Bertz CT molecular complexity index is 884. The van der Waals surface area contributed by atoms with Crippen LogP contribution < -0.4 is 5.32 Å². The molecule has 128 valence electrons. The maximum absolute atomic E-state index is 13.2. The van der Waals surface area contributed by atoms with Crippen LogP contribution in [0.3, 0.4) is 0 Å². The summed E-state index contributed by atoms with van der Waals surface area (Å²) in [6, 6.07) is 12.6. The molecular formula is C18H14F2N2O2S. The third-order valence-corrected chi connectivity index (χ3v) is 4.43. The number of halogens is 2. The number of nitrogens with zero attached hydrogens (tertiary/aromatic N) is 1. The molecule has 7 heteroatoms.